The summed E-state index contributed by atoms with van der Waals surface area (Å²) in [6.45, 7) is 2.61. The summed E-state index contributed by atoms with van der Waals surface area (Å²) in [7, 11) is 0. The van der Waals surface area contributed by atoms with Gasteiger partial charge in [-0.2, -0.15) is 4.37 Å². The number of halogens is 1. The molecule has 1 fully saturated rings. The highest BCUT2D eigenvalue weighted by molar-refractivity contribution is 7.13. The molecule has 0 radical (unpaired) electrons. The van der Waals surface area contributed by atoms with Crippen molar-refractivity contribution in [1.82, 2.24) is 4.37 Å². The van der Waals surface area contributed by atoms with Gasteiger partial charge in [0, 0.05) is 12.5 Å². The molecule has 1 aromatic heterocycles. The standard InChI is InChI=1S/C13H13ClN2OS/c1-2-16(13(17)8-6-7-8)12-11-9(14)4-3-5-10(11)18-15-12/h3-5,8H,2,6-7H2,1H3. The van der Waals surface area contributed by atoms with E-state index in [1.807, 2.05) is 25.1 Å². The summed E-state index contributed by atoms with van der Waals surface area (Å²) in [5, 5.41) is 1.57. The Morgan fingerprint density at radius 3 is 3.00 bits per heavy atom. The molecular formula is C13H13ClN2OS. The molecule has 1 aliphatic rings. The Morgan fingerprint density at radius 2 is 2.33 bits per heavy atom. The highest BCUT2D eigenvalue weighted by Gasteiger charge is 2.34. The van der Waals surface area contributed by atoms with Crippen molar-refractivity contribution in [2.24, 2.45) is 5.92 Å². The molecule has 0 spiro atoms. The van der Waals surface area contributed by atoms with E-state index in [0.717, 1.165) is 28.7 Å². The molecule has 0 bridgehead atoms. The van der Waals surface area contributed by atoms with Crippen molar-refractivity contribution >= 4 is 44.9 Å². The molecule has 1 saturated carbocycles. The van der Waals surface area contributed by atoms with Crippen LogP contribution in [0.5, 0.6) is 0 Å². The van der Waals surface area contributed by atoms with E-state index in [4.69, 9.17) is 11.6 Å². The largest absolute Gasteiger partial charge is 0.295 e. The fourth-order valence-electron chi connectivity index (χ4n) is 2.08. The number of fused-ring (bicyclic) bond motifs is 1. The number of carbonyl (C=O) groups excluding carboxylic acids is 1. The van der Waals surface area contributed by atoms with Crippen molar-refractivity contribution in [3.8, 4) is 0 Å². The molecule has 2 aromatic rings. The van der Waals surface area contributed by atoms with Gasteiger partial charge in [0.15, 0.2) is 5.82 Å². The lowest BCUT2D eigenvalue weighted by Crippen LogP contribution is -2.32. The van der Waals surface area contributed by atoms with Crippen LogP contribution in [0.3, 0.4) is 0 Å². The minimum Gasteiger partial charge on any atom is -0.295 e. The quantitative estimate of drug-likeness (QED) is 0.859. The lowest BCUT2D eigenvalue weighted by molar-refractivity contribution is -0.119. The monoisotopic (exact) mass is 280 g/mol. The number of hydrogen-bond acceptors (Lipinski definition) is 3. The maximum Gasteiger partial charge on any atom is 0.231 e. The molecule has 1 aliphatic carbocycles. The highest BCUT2D eigenvalue weighted by atomic mass is 35.5. The first-order chi connectivity index (χ1) is 8.72. The molecule has 1 aromatic carbocycles. The average Bonchev–Trinajstić information content (AvgIpc) is 3.13. The van der Waals surface area contributed by atoms with Crippen molar-refractivity contribution in [2.75, 3.05) is 11.4 Å². The summed E-state index contributed by atoms with van der Waals surface area (Å²) in [4.78, 5) is 14.0. The van der Waals surface area contributed by atoms with Crippen molar-refractivity contribution in [3.63, 3.8) is 0 Å². The third-order valence-electron chi connectivity index (χ3n) is 3.19. The molecule has 0 atom stereocenters. The third kappa shape index (κ3) is 1.89. The molecule has 18 heavy (non-hydrogen) atoms. The van der Waals surface area contributed by atoms with Crippen LogP contribution in [0.15, 0.2) is 18.2 Å². The van der Waals surface area contributed by atoms with Crippen LogP contribution in [-0.4, -0.2) is 16.8 Å². The first-order valence-electron chi connectivity index (χ1n) is 6.07. The van der Waals surface area contributed by atoms with Crippen molar-refractivity contribution in [3.05, 3.63) is 23.2 Å². The van der Waals surface area contributed by atoms with E-state index in [1.165, 1.54) is 11.5 Å². The highest BCUT2D eigenvalue weighted by Crippen LogP contribution is 2.38. The van der Waals surface area contributed by atoms with Crippen molar-refractivity contribution in [1.29, 1.82) is 0 Å². The first-order valence-corrected chi connectivity index (χ1v) is 7.22. The van der Waals surface area contributed by atoms with Gasteiger partial charge in [0.05, 0.1) is 15.1 Å². The second kappa shape index (κ2) is 4.52. The topological polar surface area (TPSA) is 33.2 Å². The van der Waals surface area contributed by atoms with Gasteiger partial charge in [0.2, 0.25) is 5.91 Å². The molecule has 94 valence electrons. The molecule has 0 saturated heterocycles. The molecule has 0 unspecified atom stereocenters. The summed E-state index contributed by atoms with van der Waals surface area (Å²) in [5.41, 5.74) is 0. The van der Waals surface area contributed by atoms with Crippen LogP contribution in [0.2, 0.25) is 5.02 Å². The summed E-state index contributed by atoms with van der Waals surface area (Å²) in [5.74, 6) is 1.11. The van der Waals surface area contributed by atoms with E-state index >= 15 is 0 Å². The lowest BCUT2D eigenvalue weighted by atomic mass is 10.2. The molecule has 3 nitrogen and oxygen atoms in total. The SMILES string of the molecule is CCN(C(=O)C1CC1)c1nsc2cccc(Cl)c12. The van der Waals surface area contributed by atoms with E-state index in [2.05, 4.69) is 4.37 Å². The third-order valence-corrected chi connectivity index (χ3v) is 4.31. The van der Waals surface area contributed by atoms with Crippen molar-refractivity contribution in [2.45, 2.75) is 19.8 Å². The van der Waals surface area contributed by atoms with Gasteiger partial charge < -0.3 is 0 Å². The number of aromatic nitrogens is 1. The van der Waals surface area contributed by atoms with Crippen LogP contribution in [-0.2, 0) is 4.79 Å². The van der Waals surface area contributed by atoms with Crippen LogP contribution < -0.4 is 4.90 Å². The van der Waals surface area contributed by atoms with Crippen LogP contribution >= 0.6 is 23.1 Å². The zero-order valence-corrected chi connectivity index (χ0v) is 11.6. The second-order valence-electron chi connectivity index (χ2n) is 4.48. The zero-order chi connectivity index (χ0) is 12.7. The van der Waals surface area contributed by atoms with Gasteiger partial charge in [-0.1, -0.05) is 17.7 Å². The van der Waals surface area contributed by atoms with Crippen LogP contribution in [0.4, 0.5) is 5.82 Å². The molecule has 1 amide bonds. The van der Waals surface area contributed by atoms with Crippen LogP contribution in [0, 0.1) is 5.92 Å². The number of anilines is 1. The van der Waals surface area contributed by atoms with Gasteiger partial charge in [-0.25, -0.2) is 0 Å². The minimum absolute atomic E-state index is 0.185. The van der Waals surface area contributed by atoms with Crippen molar-refractivity contribution < 1.29 is 4.79 Å². The summed E-state index contributed by atoms with van der Waals surface area (Å²) >= 11 is 7.63. The van der Waals surface area contributed by atoms with Gasteiger partial charge in [-0.15, -0.1) is 0 Å². The Hall–Kier alpha value is -1.13. The van der Waals surface area contributed by atoms with Gasteiger partial charge >= 0.3 is 0 Å². The maximum absolute atomic E-state index is 12.2. The Balaban J connectivity index is 2.09. The number of hydrogen-bond donors (Lipinski definition) is 0. The van der Waals surface area contributed by atoms with E-state index in [0.29, 0.717) is 11.6 Å². The Morgan fingerprint density at radius 1 is 1.56 bits per heavy atom. The Labute approximate surface area is 115 Å². The van der Waals surface area contributed by atoms with Gasteiger partial charge in [0.1, 0.15) is 0 Å². The summed E-state index contributed by atoms with van der Waals surface area (Å²) < 4.78 is 5.45. The fourth-order valence-corrected chi connectivity index (χ4v) is 3.20. The summed E-state index contributed by atoms with van der Waals surface area (Å²) in [6, 6.07) is 5.74. The Kier molecular flexibility index (Phi) is 2.99. The fraction of sp³-hybridized carbons (Fsp3) is 0.385. The predicted octanol–water partition coefficient (Wildman–Crippen LogP) is 3.71. The first kappa shape index (κ1) is 11.9. The molecule has 0 N–H and O–H groups in total. The summed E-state index contributed by atoms with van der Waals surface area (Å²) in [6.07, 6.45) is 2.01. The molecule has 3 rings (SSSR count). The van der Waals surface area contributed by atoms with E-state index < -0.39 is 0 Å². The average molecular weight is 281 g/mol. The molecule has 5 heteroatoms. The number of carbonyl (C=O) groups is 1. The normalized spacial score (nSPS) is 15.0. The molecule has 0 aliphatic heterocycles. The molecular weight excluding hydrogens is 268 g/mol. The predicted molar refractivity (Wildman–Crippen MR) is 75.4 cm³/mol. The smallest absolute Gasteiger partial charge is 0.231 e. The van der Waals surface area contributed by atoms with E-state index in [-0.39, 0.29) is 11.8 Å². The number of benzene rings is 1. The number of nitrogens with zero attached hydrogens (tertiary/aromatic N) is 2. The minimum atomic E-state index is 0.185. The lowest BCUT2D eigenvalue weighted by Gasteiger charge is -2.18. The van der Waals surface area contributed by atoms with E-state index in [9.17, 15) is 4.79 Å². The van der Waals surface area contributed by atoms with Gasteiger partial charge in [-0.3, -0.25) is 9.69 Å². The second-order valence-corrected chi connectivity index (χ2v) is 5.69. The number of rotatable bonds is 3. The maximum atomic E-state index is 12.2. The molecule has 1 heterocycles. The van der Waals surface area contributed by atoms with Gasteiger partial charge in [0.25, 0.3) is 0 Å². The zero-order valence-electron chi connectivity index (χ0n) is 10.0. The van der Waals surface area contributed by atoms with Crippen LogP contribution in [0.1, 0.15) is 19.8 Å². The van der Waals surface area contributed by atoms with E-state index in [1.54, 1.807) is 4.90 Å². The van der Waals surface area contributed by atoms with Gasteiger partial charge in [-0.05, 0) is 43.4 Å². The number of amides is 1. The Bertz CT molecular complexity index is 606. The van der Waals surface area contributed by atoms with Crippen LogP contribution in [0.25, 0.3) is 10.1 Å².